The minimum atomic E-state index is 0.00973. The van der Waals surface area contributed by atoms with Crippen LogP contribution >= 0.6 is 15.9 Å². The summed E-state index contributed by atoms with van der Waals surface area (Å²) in [7, 11) is 1.80. The number of alkyl halides is 1. The van der Waals surface area contributed by atoms with Crippen LogP contribution < -0.4 is 4.74 Å². The van der Waals surface area contributed by atoms with Gasteiger partial charge in [-0.05, 0) is 32.0 Å². The van der Waals surface area contributed by atoms with Crippen LogP contribution in [0.4, 0.5) is 0 Å². The first-order valence-electron chi connectivity index (χ1n) is 6.06. The monoisotopic (exact) mass is 313 g/mol. The number of halogens is 1. The lowest BCUT2D eigenvalue weighted by atomic mass is 10.2. The van der Waals surface area contributed by atoms with Crippen LogP contribution in [0.3, 0.4) is 0 Å². The molecule has 1 rings (SSSR count). The zero-order valence-electron chi connectivity index (χ0n) is 11.3. The molecule has 0 spiro atoms. The van der Waals surface area contributed by atoms with Crippen molar-refractivity contribution in [1.29, 1.82) is 0 Å². The van der Waals surface area contributed by atoms with Gasteiger partial charge < -0.3 is 9.64 Å². The normalized spacial score (nSPS) is 12.3. The van der Waals surface area contributed by atoms with Crippen molar-refractivity contribution >= 4 is 21.8 Å². The smallest absolute Gasteiger partial charge is 0.253 e. The Morgan fingerprint density at radius 2 is 2.06 bits per heavy atom. The lowest BCUT2D eigenvalue weighted by Crippen LogP contribution is -2.31. The van der Waals surface area contributed by atoms with Crippen LogP contribution in [0.1, 0.15) is 31.1 Å². The van der Waals surface area contributed by atoms with E-state index in [1.54, 1.807) is 18.0 Å². The molecular formula is C14H20BrNO2. The van der Waals surface area contributed by atoms with Crippen LogP contribution in [0.15, 0.2) is 24.3 Å². The van der Waals surface area contributed by atoms with Crippen molar-refractivity contribution in [3.63, 3.8) is 0 Å². The number of carbonyl (C=O) groups is 1. The summed E-state index contributed by atoms with van der Waals surface area (Å²) in [6.45, 7) is 6.62. The number of nitrogens with zero attached hydrogens (tertiary/aromatic N) is 1. The summed E-state index contributed by atoms with van der Waals surface area (Å²) in [5.74, 6) is 0.742. The van der Waals surface area contributed by atoms with Crippen molar-refractivity contribution in [2.75, 3.05) is 13.6 Å². The molecule has 18 heavy (non-hydrogen) atoms. The molecule has 0 aromatic heterocycles. The molecule has 0 radical (unpaired) electrons. The zero-order chi connectivity index (χ0) is 13.7. The van der Waals surface area contributed by atoms with Crippen LogP contribution in [-0.4, -0.2) is 35.3 Å². The van der Waals surface area contributed by atoms with E-state index in [0.29, 0.717) is 12.1 Å². The molecule has 1 atom stereocenters. The van der Waals surface area contributed by atoms with E-state index in [4.69, 9.17) is 4.74 Å². The fourth-order valence-electron chi connectivity index (χ4n) is 1.66. The maximum atomic E-state index is 12.2. The van der Waals surface area contributed by atoms with Gasteiger partial charge in [0.15, 0.2) is 0 Å². The predicted molar refractivity (Wildman–Crippen MR) is 77.6 cm³/mol. The molecule has 0 fully saturated rings. The molecule has 3 nitrogen and oxygen atoms in total. The van der Waals surface area contributed by atoms with E-state index < -0.39 is 0 Å². The molecule has 0 aliphatic rings. The van der Waals surface area contributed by atoms with Crippen molar-refractivity contribution in [3.8, 4) is 5.75 Å². The fourth-order valence-corrected chi connectivity index (χ4v) is 2.09. The first kappa shape index (κ1) is 15.0. The number of carbonyl (C=O) groups excluding carboxylic acids is 1. The van der Waals surface area contributed by atoms with Crippen molar-refractivity contribution in [2.45, 2.75) is 31.7 Å². The number of benzene rings is 1. The first-order valence-corrected chi connectivity index (χ1v) is 6.98. The molecular weight excluding hydrogens is 294 g/mol. The van der Waals surface area contributed by atoms with Crippen LogP contribution in [0.2, 0.25) is 0 Å². The van der Waals surface area contributed by atoms with Crippen molar-refractivity contribution < 1.29 is 9.53 Å². The summed E-state index contributed by atoms with van der Waals surface area (Å²) in [5, 5.41) is 0. The van der Waals surface area contributed by atoms with E-state index >= 15 is 0 Å². The van der Waals surface area contributed by atoms with Gasteiger partial charge in [-0.2, -0.15) is 0 Å². The summed E-state index contributed by atoms with van der Waals surface area (Å²) in [4.78, 5) is 14.1. The van der Waals surface area contributed by atoms with Gasteiger partial charge in [0.2, 0.25) is 0 Å². The lowest BCUT2D eigenvalue weighted by molar-refractivity contribution is 0.0796. The highest BCUT2D eigenvalue weighted by molar-refractivity contribution is 9.09. The van der Waals surface area contributed by atoms with E-state index in [2.05, 4.69) is 15.9 Å². The highest BCUT2D eigenvalue weighted by Crippen LogP contribution is 2.16. The Kier molecular flexibility index (Phi) is 5.66. The minimum absolute atomic E-state index is 0.00973. The van der Waals surface area contributed by atoms with Crippen LogP contribution in [0.25, 0.3) is 0 Å². The Morgan fingerprint density at radius 3 is 2.61 bits per heavy atom. The fraction of sp³-hybridized carbons (Fsp3) is 0.500. The third-order valence-corrected chi connectivity index (χ3v) is 2.61. The molecule has 1 aromatic rings. The number of rotatable bonds is 5. The van der Waals surface area contributed by atoms with Crippen molar-refractivity contribution in [1.82, 2.24) is 4.90 Å². The number of ether oxygens (including phenoxy) is 1. The number of hydrogen-bond donors (Lipinski definition) is 0. The second kappa shape index (κ2) is 6.78. The highest BCUT2D eigenvalue weighted by Gasteiger charge is 2.14. The molecule has 0 bridgehead atoms. The topological polar surface area (TPSA) is 29.5 Å². The summed E-state index contributed by atoms with van der Waals surface area (Å²) in [6.07, 6.45) is 0.107. The highest BCUT2D eigenvalue weighted by atomic mass is 79.9. The maximum Gasteiger partial charge on any atom is 0.253 e. The van der Waals surface area contributed by atoms with Crippen molar-refractivity contribution in [2.24, 2.45) is 0 Å². The van der Waals surface area contributed by atoms with Gasteiger partial charge in [0.05, 0.1) is 6.10 Å². The second-order valence-electron chi connectivity index (χ2n) is 4.66. The third-order valence-electron chi connectivity index (χ3n) is 2.32. The SMILES string of the molecule is CC(Br)CN(C)C(=O)c1cccc(OC(C)C)c1. The van der Waals surface area contributed by atoms with Crippen LogP contribution in [0.5, 0.6) is 5.75 Å². The molecule has 4 heteroatoms. The lowest BCUT2D eigenvalue weighted by Gasteiger charge is -2.19. The molecule has 0 heterocycles. The molecule has 0 saturated heterocycles. The molecule has 1 unspecified atom stereocenters. The summed E-state index contributed by atoms with van der Waals surface area (Å²) < 4.78 is 5.59. The standard InChI is InChI=1S/C14H20BrNO2/c1-10(2)18-13-7-5-6-12(8-13)14(17)16(4)9-11(3)15/h5-8,10-11H,9H2,1-4H3. The molecule has 1 amide bonds. The van der Waals surface area contributed by atoms with Gasteiger partial charge in [0.25, 0.3) is 5.91 Å². The molecule has 0 aliphatic carbocycles. The number of hydrogen-bond acceptors (Lipinski definition) is 2. The Labute approximate surface area is 117 Å². The van der Waals surface area contributed by atoms with E-state index in [1.807, 2.05) is 39.0 Å². The molecule has 0 saturated carbocycles. The van der Waals surface area contributed by atoms with Gasteiger partial charge in [-0.15, -0.1) is 0 Å². The molecule has 0 N–H and O–H groups in total. The zero-order valence-corrected chi connectivity index (χ0v) is 12.9. The van der Waals surface area contributed by atoms with Gasteiger partial charge in [0, 0.05) is 24.0 Å². The average Bonchev–Trinajstić information content (AvgIpc) is 2.26. The predicted octanol–water partition coefficient (Wildman–Crippen LogP) is 3.33. The Morgan fingerprint density at radius 1 is 1.39 bits per heavy atom. The summed E-state index contributed by atoms with van der Waals surface area (Å²) in [5.41, 5.74) is 0.656. The molecule has 100 valence electrons. The Hall–Kier alpha value is -1.03. The van der Waals surface area contributed by atoms with E-state index in [0.717, 1.165) is 5.75 Å². The molecule has 0 aliphatic heterocycles. The summed E-state index contributed by atoms with van der Waals surface area (Å²) in [6, 6.07) is 7.31. The van der Waals surface area contributed by atoms with Crippen molar-refractivity contribution in [3.05, 3.63) is 29.8 Å². The van der Waals surface area contributed by atoms with Gasteiger partial charge in [-0.1, -0.05) is 28.9 Å². The summed E-state index contributed by atoms with van der Waals surface area (Å²) >= 11 is 3.44. The second-order valence-corrected chi connectivity index (χ2v) is 6.22. The first-order chi connectivity index (χ1) is 8.40. The third kappa shape index (κ3) is 4.69. The van der Waals surface area contributed by atoms with Gasteiger partial charge in [0.1, 0.15) is 5.75 Å². The van der Waals surface area contributed by atoms with Crippen LogP contribution in [-0.2, 0) is 0 Å². The van der Waals surface area contributed by atoms with E-state index in [-0.39, 0.29) is 16.8 Å². The maximum absolute atomic E-state index is 12.2. The number of amides is 1. The van der Waals surface area contributed by atoms with E-state index in [1.165, 1.54) is 0 Å². The Balaban J connectivity index is 2.79. The average molecular weight is 314 g/mol. The van der Waals surface area contributed by atoms with E-state index in [9.17, 15) is 4.79 Å². The van der Waals surface area contributed by atoms with Gasteiger partial charge in [-0.25, -0.2) is 0 Å². The largest absolute Gasteiger partial charge is 0.491 e. The van der Waals surface area contributed by atoms with Crippen LogP contribution in [0, 0.1) is 0 Å². The van der Waals surface area contributed by atoms with Gasteiger partial charge in [-0.3, -0.25) is 4.79 Å². The Bertz CT molecular complexity index is 405. The van der Waals surface area contributed by atoms with Gasteiger partial charge >= 0.3 is 0 Å². The quantitative estimate of drug-likeness (QED) is 0.780. The molecule has 1 aromatic carbocycles. The minimum Gasteiger partial charge on any atom is -0.491 e.